The third-order valence-electron chi connectivity index (χ3n) is 4.31. The van der Waals surface area contributed by atoms with Gasteiger partial charge in [-0.15, -0.1) is 0 Å². The Morgan fingerprint density at radius 2 is 1.82 bits per heavy atom. The molecule has 0 aliphatic carbocycles. The Kier molecular flexibility index (Phi) is 5.19. The molecule has 0 atom stereocenters. The number of thioether (sulfide) groups is 1. The lowest BCUT2D eigenvalue weighted by atomic mass is 10.0. The molecule has 1 amide bonds. The highest BCUT2D eigenvalue weighted by molar-refractivity contribution is 9.10. The lowest BCUT2D eigenvalue weighted by Gasteiger charge is -2.09. The van der Waals surface area contributed by atoms with E-state index in [2.05, 4.69) is 50.6 Å². The molecule has 0 saturated carbocycles. The zero-order valence-electron chi connectivity index (χ0n) is 15.3. The highest BCUT2D eigenvalue weighted by atomic mass is 79.9. The first-order chi connectivity index (χ1) is 13.5. The van der Waals surface area contributed by atoms with Gasteiger partial charge in [-0.2, -0.15) is 5.10 Å². The molecule has 5 nitrogen and oxygen atoms in total. The van der Waals surface area contributed by atoms with Crippen LogP contribution in [0.1, 0.15) is 6.92 Å². The second-order valence-electron chi connectivity index (χ2n) is 6.26. The topological polar surface area (TPSA) is 59.3 Å². The van der Waals surface area contributed by atoms with Crippen LogP contribution in [0.5, 0.6) is 0 Å². The quantitative estimate of drug-likeness (QED) is 0.327. The molecule has 0 spiro atoms. The first-order valence-corrected chi connectivity index (χ1v) is 10.6. The smallest absolute Gasteiger partial charge is 0.221 e. The Labute approximate surface area is 175 Å². The SMILES string of the molecule is CSc1nc(-c2ccc(-c3cccc(NC(C)=O)c3)cc2)cc2c(Br)cnn12. The Balaban J connectivity index is 1.70. The van der Waals surface area contributed by atoms with Crippen LogP contribution < -0.4 is 5.32 Å². The van der Waals surface area contributed by atoms with E-state index >= 15 is 0 Å². The Morgan fingerprint density at radius 1 is 1.07 bits per heavy atom. The van der Waals surface area contributed by atoms with Crippen LogP contribution in [0.3, 0.4) is 0 Å². The molecule has 2 aromatic heterocycles. The zero-order chi connectivity index (χ0) is 19.7. The van der Waals surface area contributed by atoms with Gasteiger partial charge in [-0.1, -0.05) is 48.2 Å². The first-order valence-electron chi connectivity index (χ1n) is 8.62. The number of nitrogens with zero attached hydrogens (tertiary/aromatic N) is 3. The number of hydrogen-bond donors (Lipinski definition) is 1. The summed E-state index contributed by atoms with van der Waals surface area (Å²) in [5, 5.41) is 8.02. The summed E-state index contributed by atoms with van der Waals surface area (Å²) in [5.41, 5.74) is 5.83. The third-order valence-corrected chi connectivity index (χ3v) is 5.55. The summed E-state index contributed by atoms with van der Waals surface area (Å²) < 4.78 is 2.78. The molecule has 7 heteroatoms. The van der Waals surface area contributed by atoms with Crippen molar-refractivity contribution >= 4 is 44.8 Å². The van der Waals surface area contributed by atoms with E-state index in [1.165, 1.54) is 6.92 Å². The van der Waals surface area contributed by atoms with Gasteiger partial charge in [-0.3, -0.25) is 4.79 Å². The maximum absolute atomic E-state index is 11.3. The monoisotopic (exact) mass is 452 g/mol. The summed E-state index contributed by atoms with van der Waals surface area (Å²) >= 11 is 5.11. The second kappa shape index (κ2) is 7.77. The van der Waals surface area contributed by atoms with E-state index in [0.29, 0.717) is 0 Å². The van der Waals surface area contributed by atoms with Crippen LogP contribution in [0.25, 0.3) is 27.9 Å². The van der Waals surface area contributed by atoms with E-state index in [-0.39, 0.29) is 5.91 Å². The van der Waals surface area contributed by atoms with E-state index in [1.807, 2.05) is 41.1 Å². The number of hydrogen-bond acceptors (Lipinski definition) is 4. The van der Waals surface area contributed by atoms with Gasteiger partial charge in [0, 0.05) is 18.2 Å². The van der Waals surface area contributed by atoms with E-state index in [9.17, 15) is 4.79 Å². The summed E-state index contributed by atoms with van der Waals surface area (Å²) in [5.74, 6) is -0.0791. The van der Waals surface area contributed by atoms with Gasteiger partial charge in [0.15, 0.2) is 5.16 Å². The first kappa shape index (κ1) is 18.7. The maximum atomic E-state index is 11.3. The summed E-state index contributed by atoms with van der Waals surface area (Å²) in [6.07, 6.45) is 3.78. The number of fused-ring (bicyclic) bond motifs is 1. The number of rotatable bonds is 4. The molecule has 0 radical (unpaired) electrons. The van der Waals surface area contributed by atoms with Crippen molar-refractivity contribution in [2.45, 2.75) is 12.1 Å². The molecule has 4 rings (SSSR count). The van der Waals surface area contributed by atoms with Crippen LogP contribution in [-0.4, -0.2) is 26.8 Å². The van der Waals surface area contributed by atoms with Gasteiger partial charge in [0.05, 0.1) is 21.9 Å². The van der Waals surface area contributed by atoms with E-state index in [4.69, 9.17) is 4.98 Å². The van der Waals surface area contributed by atoms with Gasteiger partial charge in [0.1, 0.15) is 0 Å². The summed E-state index contributed by atoms with van der Waals surface area (Å²) in [7, 11) is 0. The van der Waals surface area contributed by atoms with Crippen molar-refractivity contribution in [3.05, 3.63) is 65.3 Å². The minimum atomic E-state index is -0.0791. The standard InChI is InChI=1S/C21H17BrN4OS/c1-13(27)24-17-5-3-4-16(10-17)14-6-8-15(9-7-14)19-11-20-18(22)12-23-26(20)21(25-19)28-2/h3-12H,1-2H3,(H,24,27). The fraction of sp³-hybridized carbons (Fsp3) is 0.0952. The van der Waals surface area contributed by atoms with E-state index < -0.39 is 0 Å². The molecule has 0 unspecified atom stereocenters. The van der Waals surface area contributed by atoms with Crippen molar-refractivity contribution in [3.63, 3.8) is 0 Å². The fourth-order valence-corrected chi connectivity index (χ4v) is 3.91. The summed E-state index contributed by atoms with van der Waals surface area (Å²) in [4.78, 5) is 16.0. The molecular formula is C21H17BrN4OS. The van der Waals surface area contributed by atoms with Crippen LogP contribution in [0.4, 0.5) is 5.69 Å². The van der Waals surface area contributed by atoms with E-state index in [1.54, 1.807) is 18.0 Å². The maximum Gasteiger partial charge on any atom is 0.221 e. The predicted octanol–water partition coefficient (Wildman–Crippen LogP) is 5.51. The molecule has 2 aromatic carbocycles. The Bertz CT molecular complexity index is 1170. The van der Waals surface area contributed by atoms with Crippen molar-refractivity contribution in [1.82, 2.24) is 14.6 Å². The number of aromatic nitrogens is 3. The highest BCUT2D eigenvalue weighted by Gasteiger charge is 2.11. The zero-order valence-corrected chi connectivity index (χ0v) is 17.7. The van der Waals surface area contributed by atoms with Gasteiger partial charge < -0.3 is 5.32 Å². The predicted molar refractivity (Wildman–Crippen MR) is 118 cm³/mol. The molecule has 0 bridgehead atoms. The average molecular weight is 453 g/mol. The number of carbonyl (C=O) groups excluding carboxylic acids is 1. The van der Waals surface area contributed by atoms with Crippen LogP contribution >= 0.6 is 27.7 Å². The van der Waals surface area contributed by atoms with E-state index in [0.717, 1.165) is 43.2 Å². The van der Waals surface area contributed by atoms with Gasteiger partial charge in [-0.25, -0.2) is 9.50 Å². The van der Waals surface area contributed by atoms with Gasteiger partial charge >= 0.3 is 0 Å². The normalized spacial score (nSPS) is 11.0. The molecule has 0 aliphatic heterocycles. The second-order valence-corrected chi connectivity index (χ2v) is 7.88. The Hall–Kier alpha value is -2.64. The highest BCUT2D eigenvalue weighted by Crippen LogP contribution is 2.29. The average Bonchev–Trinajstić information content (AvgIpc) is 3.08. The third kappa shape index (κ3) is 3.68. The van der Waals surface area contributed by atoms with Crippen LogP contribution in [0, 0.1) is 0 Å². The van der Waals surface area contributed by atoms with Gasteiger partial charge in [0.2, 0.25) is 5.91 Å². The molecule has 28 heavy (non-hydrogen) atoms. The van der Waals surface area contributed by atoms with Crippen LogP contribution in [0.2, 0.25) is 0 Å². The lowest BCUT2D eigenvalue weighted by molar-refractivity contribution is -0.114. The largest absolute Gasteiger partial charge is 0.326 e. The molecule has 4 aromatic rings. The molecular weight excluding hydrogens is 436 g/mol. The minimum absolute atomic E-state index is 0.0791. The van der Waals surface area contributed by atoms with Gasteiger partial charge in [0.25, 0.3) is 0 Å². The molecule has 0 fully saturated rings. The number of anilines is 1. The minimum Gasteiger partial charge on any atom is -0.326 e. The van der Waals surface area contributed by atoms with Crippen molar-refractivity contribution < 1.29 is 4.79 Å². The fourth-order valence-electron chi connectivity index (χ4n) is 3.03. The van der Waals surface area contributed by atoms with Crippen molar-refractivity contribution in [3.8, 4) is 22.4 Å². The van der Waals surface area contributed by atoms with Crippen LogP contribution in [-0.2, 0) is 4.79 Å². The molecule has 140 valence electrons. The number of nitrogens with one attached hydrogen (secondary N) is 1. The molecule has 0 saturated heterocycles. The molecule has 2 heterocycles. The van der Waals surface area contributed by atoms with Crippen molar-refractivity contribution in [2.24, 2.45) is 0 Å². The van der Waals surface area contributed by atoms with Crippen molar-refractivity contribution in [1.29, 1.82) is 0 Å². The van der Waals surface area contributed by atoms with Gasteiger partial charge in [-0.05, 0) is 51.5 Å². The molecule has 1 N–H and O–H groups in total. The number of amides is 1. The molecule has 0 aliphatic rings. The number of benzene rings is 2. The number of halogens is 1. The van der Waals surface area contributed by atoms with Crippen molar-refractivity contribution in [2.75, 3.05) is 11.6 Å². The lowest BCUT2D eigenvalue weighted by Crippen LogP contribution is -2.05. The summed E-state index contributed by atoms with van der Waals surface area (Å²) in [6, 6.07) is 18.1. The number of carbonyl (C=O) groups is 1. The summed E-state index contributed by atoms with van der Waals surface area (Å²) in [6.45, 7) is 1.51. The van der Waals surface area contributed by atoms with Crippen LogP contribution in [0.15, 0.2) is 70.4 Å². The Morgan fingerprint density at radius 3 is 2.54 bits per heavy atom.